The van der Waals surface area contributed by atoms with Crippen molar-refractivity contribution in [2.45, 2.75) is 19.0 Å². The lowest BCUT2D eigenvalue weighted by Crippen LogP contribution is -2.34. The third-order valence-corrected chi connectivity index (χ3v) is 2.22. The van der Waals surface area contributed by atoms with E-state index in [-0.39, 0.29) is 0 Å². The van der Waals surface area contributed by atoms with Crippen LogP contribution in [0.15, 0.2) is 30.3 Å². The fraction of sp³-hybridized carbons (Fsp3) is 0.300. The highest BCUT2D eigenvalue weighted by atomic mass is 16.6. The first-order chi connectivity index (χ1) is 7.16. The molecule has 0 radical (unpaired) electrons. The van der Waals surface area contributed by atoms with Crippen molar-refractivity contribution in [3.05, 3.63) is 46.0 Å². The number of hydrogen-bond acceptors (Lipinski definition) is 3. The molecule has 1 aromatic carbocycles. The van der Waals surface area contributed by atoms with Crippen molar-refractivity contribution >= 4 is 6.41 Å². The molecule has 0 saturated heterocycles. The Bertz CT molecular complexity index is 340. The molecule has 80 valence electrons. The quantitative estimate of drug-likeness (QED) is 0.448. The van der Waals surface area contributed by atoms with E-state index >= 15 is 0 Å². The van der Waals surface area contributed by atoms with Crippen molar-refractivity contribution in [2.24, 2.45) is 0 Å². The summed E-state index contributed by atoms with van der Waals surface area (Å²) in [7, 11) is 0. The monoisotopic (exact) mass is 208 g/mol. The number of benzene rings is 1. The molecule has 5 heteroatoms. The minimum absolute atomic E-state index is 0.409. The summed E-state index contributed by atoms with van der Waals surface area (Å²) in [5, 5.41) is 13.1. The van der Waals surface area contributed by atoms with Gasteiger partial charge >= 0.3 is 0 Å². The van der Waals surface area contributed by atoms with Crippen molar-refractivity contribution in [1.29, 1.82) is 0 Å². The normalized spacial score (nSPS) is 13.9. The summed E-state index contributed by atoms with van der Waals surface area (Å²) in [5.74, 6) is 0. The highest BCUT2D eigenvalue weighted by Crippen LogP contribution is 2.17. The summed E-state index contributed by atoms with van der Waals surface area (Å²) in [6.45, 7) is 1.47. The van der Waals surface area contributed by atoms with Gasteiger partial charge in [0.2, 0.25) is 12.5 Å². The zero-order valence-electron chi connectivity index (χ0n) is 8.29. The fourth-order valence-electron chi connectivity index (χ4n) is 1.37. The molecular formula is C10H12N2O3. The summed E-state index contributed by atoms with van der Waals surface area (Å²) in [5.41, 5.74) is 0.730. The Morgan fingerprint density at radius 2 is 2.00 bits per heavy atom. The van der Waals surface area contributed by atoms with E-state index in [1.54, 1.807) is 24.3 Å². The molecule has 0 saturated carbocycles. The van der Waals surface area contributed by atoms with E-state index < -0.39 is 17.0 Å². The maximum Gasteiger partial charge on any atom is 0.234 e. The zero-order chi connectivity index (χ0) is 11.3. The SMILES string of the molecule is C[C@@H]([C@H](NC=O)c1ccccc1)[N+](=O)[O-]. The van der Waals surface area contributed by atoms with Crippen LogP contribution in [-0.4, -0.2) is 17.4 Å². The van der Waals surface area contributed by atoms with Gasteiger partial charge in [0.15, 0.2) is 0 Å². The van der Waals surface area contributed by atoms with Crippen LogP contribution in [-0.2, 0) is 4.79 Å². The third kappa shape index (κ3) is 2.77. The summed E-state index contributed by atoms with van der Waals surface area (Å²) in [6, 6.07) is 7.44. The van der Waals surface area contributed by atoms with Gasteiger partial charge in [0.25, 0.3) is 0 Å². The van der Waals surface area contributed by atoms with Crippen molar-refractivity contribution in [1.82, 2.24) is 5.32 Å². The van der Waals surface area contributed by atoms with Crippen LogP contribution in [0.2, 0.25) is 0 Å². The van der Waals surface area contributed by atoms with Gasteiger partial charge in [-0.05, 0) is 5.56 Å². The molecule has 0 unspecified atom stereocenters. The lowest BCUT2D eigenvalue weighted by molar-refractivity contribution is -0.523. The highest BCUT2D eigenvalue weighted by molar-refractivity contribution is 5.48. The first kappa shape index (κ1) is 11.2. The second kappa shape index (κ2) is 5.09. The number of nitrogens with one attached hydrogen (secondary N) is 1. The van der Waals surface area contributed by atoms with Gasteiger partial charge in [-0.2, -0.15) is 0 Å². The Hall–Kier alpha value is -1.91. The third-order valence-electron chi connectivity index (χ3n) is 2.22. The highest BCUT2D eigenvalue weighted by Gasteiger charge is 2.27. The minimum atomic E-state index is -0.849. The summed E-state index contributed by atoms with van der Waals surface area (Å²) in [6.07, 6.45) is 0.484. The first-order valence-corrected chi connectivity index (χ1v) is 4.55. The molecule has 0 heterocycles. The van der Waals surface area contributed by atoms with E-state index in [0.717, 1.165) is 5.56 Å². The topological polar surface area (TPSA) is 72.2 Å². The Morgan fingerprint density at radius 1 is 1.40 bits per heavy atom. The predicted octanol–water partition coefficient (Wildman–Crippen LogP) is 1.14. The van der Waals surface area contributed by atoms with Crippen LogP contribution in [0, 0.1) is 10.1 Å². The Morgan fingerprint density at radius 3 is 2.47 bits per heavy atom. The molecule has 15 heavy (non-hydrogen) atoms. The van der Waals surface area contributed by atoms with Crippen LogP contribution in [0.5, 0.6) is 0 Å². The van der Waals surface area contributed by atoms with Gasteiger partial charge < -0.3 is 5.32 Å². The van der Waals surface area contributed by atoms with E-state index in [2.05, 4.69) is 5.32 Å². The second-order valence-corrected chi connectivity index (χ2v) is 3.20. The number of hydrogen-bond donors (Lipinski definition) is 1. The van der Waals surface area contributed by atoms with Gasteiger partial charge in [0.1, 0.15) is 6.04 Å². The summed E-state index contributed by atoms with van der Waals surface area (Å²) in [4.78, 5) is 20.6. The lowest BCUT2D eigenvalue weighted by atomic mass is 10.0. The molecule has 0 aliphatic heterocycles. The molecule has 0 aliphatic rings. The van der Waals surface area contributed by atoms with Crippen molar-refractivity contribution in [3.63, 3.8) is 0 Å². The van der Waals surface area contributed by atoms with E-state index in [4.69, 9.17) is 0 Å². The average Bonchev–Trinajstić information content (AvgIpc) is 2.26. The second-order valence-electron chi connectivity index (χ2n) is 3.20. The molecule has 2 atom stereocenters. The first-order valence-electron chi connectivity index (χ1n) is 4.55. The maximum atomic E-state index is 10.6. The molecule has 0 aliphatic carbocycles. The zero-order valence-corrected chi connectivity index (χ0v) is 8.29. The standard InChI is InChI=1S/C10H12N2O3/c1-8(12(14)15)10(11-7-13)9-5-3-2-4-6-9/h2-8,10H,1H3,(H,11,13)/t8-,10-/m0/s1. The lowest BCUT2D eigenvalue weighted by Gasteiger charge is -2.17. The predicted molar refractivity (Wildman–Crippen MR) is 54.8 cm³/mol. The number of carbonyl (C=O) groups excluding carboxylic acids is 1. The van der Waals surface area contributed by atoms with E-state index in [9.17, 15) is 14.9 Å². The van der Waals surface area contributed by atoms with E-state index in [0.29, 0.717) is 6.41 Å². The number of nitro groups is 1. The minimum Gasteiger partial charge on any atom is -0.345 e. The molecule has 0 fully saturated rings. The van der Waals surface area contributed by atoms with Gasteiger partial charge in [-0.15, -0.1) is 0 Å². The smallest absolute Gasteiger partial charge is 0.234 e. The Labute approximate surface area is 87.3 Å². The van der Waals surface area contributed by atoms with Gasteiger partial charge in [-0.3, -0.25) is 14.9 Å². The van der Waals surface area contributed by atoms with Crippen LogP contribution in [0.4, 0.5) is 0 Å². The van der Waals surface area contributed by atoms with Gasteiger partial charge in [-0.25, -0.2) is 0 Å². The Balaban J connectivity index is 2.92. The van der Waals surface area contributed by atoms with Crippen molar-refractivity contribution < 1.29 is 9.72 Å². The van der Waals surface area contributed by atoms with E-state index in [1.165, 1.54) is 6.92 Å². The van der Waals surface area contributed by atoms with Crippen molar-refractivity contribution in [2.75, 3.05) is 0 Å². The van der Waals surface area contributed by atoms with Crippen LogP contribution in [0.1, 0.15) is 18.5 Å². The van der Waals surface area contributed by atoms with Crippen molar-refractivity contribution in [3.8, 4) is 0 Å². The summed E-state index contributed by atoms with van der Waals surface area (Å²) < 4.78 is 0. The number of amides is 1. The molecule has 5 nitrogen and oxygen atoms in total. The summed E-state index contributed by atoms with van der Waals surface area (Å²) >= 11 is 0. The van der Waals surface area contributed by atoms with Crippen LogP contribution in [0.25, 0.3) is 0 Å². The molecule has 0 bridgehead atoms. The number of carbonyl (C=O) groups is 1. The van der Waals surface area contributed by atoms with Gasteiger partial charge in [0.05, 0.1) is 0 Å². The largest absolute Gasteiger partial charge is 0.345 e. The molecule has 0 aromatic heterocycles. The van der Waals surface area contributed by atoms with Gasteiger partial charge in [0, 0.05) is 11.8 Å². The average molecular weight is 208 g/mol. The maximum absolute atomic E-state index is 10.6. The van der Waals surface area contributed by atoms with Crippen LogP contribution in [0.3, 0.4) is 0 Å². The molecule has 1 rings (SSSR count). The van der Waals surface area contributed by atoms with Crippen LogP contribution < -0.4 is 5.32 Å². The molecule has 1 aromatic rings. The van der Waals surface area contributed by atoms with Crippen LogP contribution >= 0.6 is 0 Å². The Kier molecular flexibility index (Phi) is 3.79. The number of rotatable bonds is 5. The molecule has 1 N–H and O–H groups in total. The fourth-order valence-corrected chi connectivity index (χ4v) is 1.37. The molecule has 1 amide bonds. The number of nitrogens with zero attached hydrogens (tertiary/aromatic N) is 1. The molecular weight excluding hydrogens is 196 g/mol. The molecule has 0 spiro atoms. The van der Waals surface area contributed by atoms with Gasteiger partial charge in [-0.1, -0.05) is 30.3 Å². The van der Waals surface area contributed by atoms with E-state index in [1.807, 2.05) is 6.07 Å².